The Balaban J connectivity index is 1.99. The quantitative estimate of drug-likeness (QED) is 0.874. The van der Waals surface area contributed by atoms with E-state index in [1.165, 1.54) is 5.01 Å². The summed E-state index contributed by atoms with van der Waals surface area (Å²) in [5.74, 6) is 0.902. The van der Waals surface area contributed by atoms with Gasteiger partial charge in [-0.25, -0.2) is 4.98 Å². The topological polar surface area (TPSA) is 48.1 Å². The Bertz CT molecular complexity index is 563. The molecule has 1 aromatic carbocycles. The highest BCUT2D eigenvalue weighted by Crippen LogP contribution is 2.23. The Morgan fingerprint density at radius 1 is 1.40 bits per heavy atom. The molecule has 2 N–H and O–H groups in total. The van der Waals surface area contributed by atoms with Gasteiger partial charge in [0.1, 0.15) is 12.4 Å². The summed E-state index contributed by atoms with van der Waals surface area (Å²) >= 11 is 1.71. The van der Waals surface area contributed by atoms with E-state index in [9.17, 15) is 0 Å². The van der Waals surface area contributed by atoms with Gasteiger partial charge in [0, 0.05) is 11.4 Å². The van der Waals surface area contributed by atoms with Crippen molar-refractivity contribution in [3.05, 3.63) is 45.4 Å². The molecule has 1 heterocycles. The molecule has 3 nitrogen and oxygen atoms in total. The van der Waals surface area contributed by atoms with E-state index >= 15 is 0 Å². The molecule has 0 spiro atoms. The molecule has 0 aliphatic rings. The SMILES string of the molecule is CCCc1nc(COc2ccc([C@H](C)N)cc2C)cs1. The molecular weight excluding hydrogens is 268 g/mol. The summed E-state index contributed by atoms with van der Waals surface area (Å²) in [4.78, 5) is 4.56. The summed E-state index contributed by atoms with van der Waals surface area (Å²) in [6.07, 6.45) is 2.18. The Kier molecular flexibility index (Phi) is 5.15. The first-order valence-electron chi connectivity index (χ1n) is 7.02. The maximum atomic E-state index is 5.88. The van der Waals surface area contributed by atoms with E-state index in [0.717, 1.165) is 35.4 Å². The van der Waals surface area contributed by atoms with Crippen molar-refractivity contribution in [2.45, 2.75) is 46.3 Å². The van der Waals surface area contributed by atoms with Crippen LogP contribution in [0, 0.1) is 6.92 Å². The third kappa shape index (κ3) is 3.81. The van der Waals surface area contributed by atoms with E-state index in [2.05, 4.69) is 23.4 Å². The largest absolute Gasteiger partial charge is 0.487 e. The first-order chi connectivity index (χ1) is 9.60. The molecule has 0 unspecified atom stereocenters. The lowest BCUT2D eigenvalue weighted by atomic mass is 10.1. The molecule has 108 valence electrons. The van der Waals surface area contributed by atoms with Gasteiger partial charge in [-0.05, 0) is 43.9 Å². The number of hydrogen-bond donors (Lipinski definition) is 1. The maximum Gasteiger partial charge on any atom is 0.131 e. The van der Waals surface area contributed by atoms with E-state index < -0.39 is 0 Å². The Labute approximate surface area is 124 Å². The summed E-state index contributed by atoms with van der Waals surface area (Å²) in [6.45, 7) is 6.73. The zero-order chi connectivity index (χ0) is 14.5. The molecule has 1 atom stereocenters. The highest BCUT2D eigenvalue weighted by molar-refractivity contribution is 7.09. The van der Waals surface area contributed by atoms with Gasteiger partial charge in [-0.15, -0.1) is 11.3 Å². The average Bonchev–Trinajstić information content (AvgIpc) is 2.85. The molecule has 2 aromatic rings. The van der Waals surface area contributed by atoms with Crippen LogP contribution in [0.4, 0.5) is 0 Å². The fraction of sp³-hybridized carbons (Fsp3) is 0.438. The Morgan fingerprint density at radius 2 is 2.20 bits per heavy atom. The molecule has 0 aliphatic carbocycles. The average molecular weight is 290 g/mol. The normalized spacial score (nSPS) is 12.4. The number of hydrogen-bond acceptors (Lipinski definition) is 4. The number of thiazole rings is 1. The van der Waals surface area contributed by atoms with Crippen molar-refractivity contribution in [1.29, 1.82) is 0 Å². The molecule has 0 radical (unpaired) electrons. The molecular formula is C16H22N2OS. The summed E-state index contributed by atoms with van der Waals surface area (Å²) in [5, 5.41) is 3.27. The van der Waals surface area contributed by atoms with Crippen LogP contribution in [0.25, 0.3) is 0 Å². The van der Waals surface area contributed by atoms with Gasteiger partial charge in [0.15, 0.2) is 0 Å². The maximum absolute atomic E-state index is 5.88. The number of aromatic nitrogens is 1. The van der Waals surface area contributed by atoms with Gasteiger partial charge in [0.05, 0.1) is 10.7 Å². The summed E-state index contributed by atoms with van der Waals surface area (Å²) in [7, 11) is 0. The minimum Gasteiger partial charge on any atom is -0.487 e. The number of benzene rings is 1. The van der Waals surface area contributed by atoms with Gasteiger partial charge in [-0.2, -0.15) is 0 Å². The van der Waals surface area contributed by atoms with Crippen LogP contribution in [0.2, 0.25) is 0 Å². The van der Waals surface area contributed by atoms with E-state index in [4.69, 9.17) is 10.5 Å². The number of nitrogens with two attached hydrogens (primary N) is 1. The third-order valence-electron chi connectivity index (χ3n) is 3.16. The van der Waals surface area contributed by atoms with Gasteiger partial charge in [-0.1, -0.05) is 19.1 Å². The second-order valence-corrected chi connectivity index (χ2v) is 6.03. The molecule has 0 saturated carbocycles. The van der Waals surface area contributed by atoms with Gasteiger partial charge in [0.25, 0.3) is 0 Å². The molecule has 0 saturated heterocycles. The highest BCUT2D eigenvalue weighted by atomic mass is 32.1. The predicted octanol–water partition coefficient (Wildman–Crippen LogP) is 4.00. The monoisotopic (exact) mass is 290 g/mol. The fourth-order valence-electron chi connectivity index (χ4n) is 2.01. The highest BCUT2D eigenvalue weighted by Gasteiger charge is 2.06. The minimum absolute atomic E-state index is 0.0536. The lowest BCUT2D eigenvalue weighted by Crippen LogP contribution is -2.05. The van der Waals surface area contributed by atoms with Crippen molar-refractivity contribution in [1.82, 2.24) is 4.98 Å². The summed E-state index contributed by atoms with van der Waals surface area (Å²) in [6, 6.07) is 6.16. The van der Waals surface area contributed by atoms with E-state index in [1.54, 1.807) is 11.3 Å². The minimum atomic E-state index is 0.0536. The van der Waals surface area contributed by atoms with E-state index in [-0.39, 0.29) is 6.04 Å². The molecule has 0 aliphatic heterocycles. The van der Waals surface area contributed by atoms with Crippen LogP contribution in [0.1, 0.15) is 48.1 Å². The van der Waals surface area contributed by atoms with Crippen LogP contribution in [-0.4, -0.2) is 4.98 Å². The summed E-state index contributed by atoms with van der Waals surface area (Å²) in [5.41, 5.74) is 9.14. The Morgan fingerprint density at radius 3 is 2.85 bits per heavy atom. The van der Waals surface area contributed by atoms with Crippen LogP contribution in [0.15, 0.2) is 23.6 Å². The van der Waals surface area contributed by atoms with Crippen LogP contribution in [0.5, 0.6) is 5.75 Å². The second-order valence-electron chi connectivity index (χ2n) is 5.08. The summed E-state index contributed by atoms with van der Waals surface area (Å²) < 4.78 is 5.85. The molecule has 4 heteroatoms. The number of rotatable bonds is 6. The first-order valence-corrected chi connectivity index (χ1v) is 7.90. The molecule has 2 rings (SSSR count). The first kappa shape index (κ1) is 15.0. The Hall–Kier alpha value is -1.39. The number of ether oxygens (including phenoxy) is 1. The lowest BCUT2D eigenvalue weighted by molar-refractivity contribution is 0.299. The van der Waals surface area contributed by atoms with Gasteiger partial charge in [-0.3, -0.25) is 0 Å². The number of nitrogens with zero attached hydrogens (tertiary/aromatic N) is 1. The zero-order valence-corrected chi connectivity index (χ0v) is 13.2. The predicted molar refractivity (Wildman–Crippen MR) is 84.2 cm³/mol. The molecule has 1 aromatic heterocycles. The molecule has 0 amide bonds. The third-order valence-corrected chi connectivity index (χ3v) is 4.12. The zero-order valence-electron chi connectivity index (χ0n) is 12.3. The van der Waals surface area contributed by atoms with Gasteiger partial charge < -0.3 is 10.5 Å². The van der Waals surface area contributed by atoms with Crippen molar-refractivity contribution < 1.29 is 4.74 Å². The molecule has 20 heavy (non-hydrogen) atoms. The van der Waals surface area contributed by atoms with Crippen molar-refractivity contribution in [3.63, 3.8) is 0 Å². The lowest BCUT2D eigenvalue weighted by Gasteiger charge is -2.11. The van der Waals surface area contributed by atoms with E-state index in [1.807, 2.05) is 26.0 Å². The van der Waals surface area contributed by atoms with Crippen molar-refractivity contribution in [3.8, 4) is 5.75 Å². The fourth-order valence-corrected chi connectivity index (χ4v) is 2.90. The van der Waals surface area contributed by atoms with E-state index in [0.29, 0.717) is 6.61 Å². The van der Waals surface area contributed by atoms with Crippen LogP contribution in [0.3, 0.4) is 0 Å². The smallest absolute Gasteiger partial charge is 0.131 e. The molecule has 0 bridgehead atoms. The van der Waals surface area contributed by atoms with Crippen molar-refractivity contribution in [2.24, 2.45) is 5.73 Å². The molecule has 0 fully saturated rings. The van der Waals surface area contributed by atoms with Crippen LogP contribution in [-0.2, 0) is 13.0 Å². The standard InChI is InChI=1S/C16H22N2OS/c1-4-5-16-18-14(10-20-16)9-19-15-7-6-13(12(3)17)8-11(15)2/h6-8,10,12H,4-5,9,17H2,1-3H3/t12-/m0/s1. The van der Waals surface area contributed by atoms with Crippen LogP contribution >= 0.6 is 11.3 Å². The van der Waals surface area contributed by atoms with Crippen molar-refractivity contribution >= 4 is 11.3 Å². The second kappa shape index (κ2) is 6.86. The van der Waals surface area contributed by atoms with Gasteiger partial charge in [0.2, 0.25) is 0 Å². The van der Waals surface area contributed by atoms with Crippen LogP contribution < -0.4 is 10.5 Å². The van der Waals surface area contributed by atoms with Gasteiger partial charge >= 0.3 is 0 Å². The van der Waals surface area contributed by atoms with Crippen molar-refractivity contribution in [2.75, 3.05) is 0 Å². The number of aryl methyl sites for hydroxylation is 2.